The van der Waals surface area contributed by atoms with Gasteiger partial charge in [-0.1, -0.05) is 49.7 Å². The molecule has 1 N–H and O–H groups in total. The Balaban J connectivity index is 2.35. The molecule has 0 aliphatic carbocycles. The largest absolute Gasteiger partial charge is 0.309 e. The monoisotopic (exact) mass is 288 g/mol. The van der Waals surface area contributed by atoms with Gasteiger partial charge in [-0.05, 0) is 42.1 Å². The Kier molecular flexibility index (Phi) is 5.16. The van der Waals surface area contributed by atoms with Gasteiger partial charge in [0, 0.05) is 12.4 Å². The minimum atomic E-state index is 0.0950. The highest BCUT2D eigenvalue weighted by atomic mass is 35.5. The first-order valence-electron chi connectivity index (χ1n) is 6.97. The zero-order valence-electron chi connectivity index (χ0n) is 12.2. The third kappa shape index (κ3) is 3.59. The molecule has 1 atom stereocenters. The lowest BCUT2D eigenvalue weighted by atomic mass is 9.95. The molecular formula is C17H21ClN2. The van der Waals surface area contributed by atoms with E-state index in [1.807, 2.05) is 13.1 Å². The molecule has 0 aliphatic rings. The van der Waals surface area contributed by atoms with Crippen LogP contribution in [0.4, 0.5) is 0 Å². The summed E-state index contributed by atoms with van der Waals surface area (Å²) in [6.07, 6.45) is 4.57. The summed E-state index contributed by atoms with van der Waals surface area (Å²) in [4.78, 5) is 4.05. The molecule has 0 amide bonds. The highest BCUT2D eigenvalue weighted by Crippen LogP contribution is 2.28. The van der Waals surface area contributed by atoms with E-state index in [4.69, 9.17) is 11.6 Å². The van der Waals surface area contributed by atoms with Crippen molar-refractivity contribution in [3.8, 4) is 0 Å². The summed E-state index contributed by atoms with van der Waals surface area (Å²) in [7, 11) is 1.95. The lowest BCUT2D eigenvalue weighted by Crippen LogP contribution is -2.18. The average molecular weight is 289 g/mol. The average Bonchev–Trinajstić information content (AvgIpc) is 2.41. The Bertz CT molecular complexity index is 566. The van der Waals surface area contributed by atoms with Gasteiger partial charge >= 0.3 is 0 Å². The first-order valence-corrected chi connectivity index (χ1v) is 7.35. The van der Waals surface area contributed by atoms with Gasteiger partial charge in [0.1, 0.15) is 0 Å². The van der Waals surface area contributed by atoms with Crippen LogP contribution < -0.4 is 5.32 Å². The van der Waals surface area contributed by atoms with E-state index in [0.29, 0.717) is 10.9 Å². The standard InChI is InChI=1S/C17H21ClN2/c1-12(2)9-13-5-4-6-14(10-13)17(19-3)15-7-8-20-11-16(15)18/h4-8,10-12,17,19H,9H2,1-3H3. The van der Waals surface area contributed by atoms with Crippen LogP contribution in [0.25, 0.3) is 0 Å². The van der Waals surface area contributed by atoms with Crippen LogP contribution in [-0.2, 0) is 6.42 Å². The molecule has 0 radical (unpaired) electrons. The fourth-order valence-corrected chi connectivity index (χ4v) is 2.72. The zero-order valence-corrected chi connectivity index (χ0v) is 13.0. The number of halogens is 1. The molecule has 0 aliphatic heterocycles. The summed E-state index contributed by atoms with van der Waals surface area (Å²) in [6.45, 7) is 4.48. The van der Waals surface area contributed by atoms with Gasteiger partial charge in [-0.15, -0.1) is 0 Å². The van der Waals surface area contributed by atoms with E-state index in [1.54, 1.807) is 12.4 Å². The SMILES string of the molecule is CNC(c1cccc(CC(C)C)c1)c1ccncc1Cl. The van der Waals surface area contributed by atoms with Gasteiger partial charge in [-0.25, -0.2) is 0 Å². The first-order chi connectivity index (χ1) is 9.61. The van der Waals surface area contributed by atoms with Gasteiger partial charge < -0.3 is 5.32 Å². The molecule has 20 heavy (non-hydrogen) atoms. The van der Waals surface area contributed by atoms with E-state index in [-0.39, 0.29) is 6.04 Å². The highest BCUT2D eigenvalue weighted by Gasteiger charge is 2.15. The number of hydrogen-bond donors (Lipinski definition) is 1. The van der Waals surface area contributed by atoms with Crippen LogP contribution in [-0.4, -0.2) is 12.0 Å². The summed E-state index contributed by atoms with van der Waals surface area (Å²) in [5, 5.41) is 4.04. The van der Waals surface area contributed by atoms with E-state index in [2.05, 4.69) is 48.4 Å². The third-order valence-corrected chi connectivity index (χ3v) is 3.65. The van der Waals surface area contributed by atoms with Crippen molar-refractivity contribution in [2.24, 2.45) is 5.92 Å². The van der Waals surface area contributed by atoms with Crippen molar-refractivity contribution in [1.82, 2.24) is 10.3 Å². The molecule has 1 aromatic carbocycles. The maximum absolute atomic E-state index is 6.27. The molecule has 0 saturated heterocycles. The molecule has 2 aromatic rings. The zero-order chi connectivity index (χ0) is 14.5. The first kappa shape index (κ1) is 15.0. The van der Waals surface area contributed by atoms with Crippen LogP contribution in [0.15, 0.2) is 42.7 Å². The Labute approximate surface area is 126 Å². The van der Waals surface area contributed by atoms with Crippen LogP contribution in [0.2, 0.25) is 5.02 Å². The molecule has 0 bridgehead atoms. The maximum atomic E-state index is 6.27. The Morgan fingerprint density at radius 1 is 1.25 bits per heavy atom. The van der Waals surface area contributed by atoms with E-state index in [1.165, 1.54) is 11.1 Å². The van der Waals surface area contributed by atoms with Crippen molar-refractivity contribution >= 4 is 11.6 Å². The van der Waals surface area contributed by atoms with Gasteiger partial charge in [-0.2, -0.15) is 0 Å². The molecule has 1 aromatic heterocycles. The molecule has 3 heteroatoms. The van der Waals surface area contributed by atoms with E-state index in [9.17, 15) is 0 Å². The lowest BCUT2D eigenvalue weighted by molar-refractivity contribution is 0.643. The smallest absolute Gasteiger partial charge is 0.0640 e. The molecule has 0 fully saturated rings. The number of hydrogen-bond acceptors (Lipinski definition) is 2. The molecule has 2 nitrogen and oxygen atoms in total. The Hall–Kier alpha value is -1.38. The second-order valence-corrected chi connectivity index (χ2v) is 5.87. The normalized spacial score (nSPS) is 12.7. The molecule has 0 saturated carbocycles. The molecule has 1 heterocycles. The number of nitrogens with zero attached hydrogens (tertiary/aromatic N) is 1. The van der Waals surface area contributed by atoms with Crippen molar-refractivity contribution in [2.45, 2.75) is 26.3 Å². The second-order valence-electron chi connectivity index (χ2n) is 5.46. The molecule has 2 rings (SSSR count). The number of nitrogens with one attached hydrogen (secondary N) is 1. The predicted molar refractivity (Wildman–Crippen MR) is 85.1 cm³/mol. The minimum absolute atomic E-state index is 0.0950. The molecule has 1 unspecified atom stereocenters. The fourth-order valence-electron chi connectivity index (χ4n) is 2.49. The quantitative estimate of drug-likeness (QED) is 0.890. The fraction of sp³-hybridized carbons (Fsp3) is 0.353. The van der Waals surface area contributed by atoms with E-state index < -0.39 is 0 Å². The summed E-state index contributed by atoms with van der Waals surface area (Å²) in [5.74, 6) is 0.655. The van der Waals surface area contributed by atoms with Crippen LogP contribution >= 0.6 is 11.6 Å². The molecule has 106 valence electrons. The van der Waals surface area contributed by atoms with Crippen molar-refractivity contribution in [2.75, 3.05) is 7.05 Å². The molecular weight excluding hydrogens is 268 g/mol. The van der Waals surface area contributed by atoms with Crippen LogP contribution in [0.1, 0.15) is 36.6 Å². The number of rotatable bonds is 5. The summed E-state index contributed by atoms with van der Waals surface area (Å²) < 4.78 is 0. The number of aromatic nitrogens is 1. The minimum Gasteiger partial charge on any atom is -0.309 e. The van der Waals surface area contributed by atoms with Crippen molar-refractivity contribution in [1.29, 1.82) is 0 Å². The maximum Gasteiger partial charge on any atom is 0.0640 e. The van der Waals surface area contributed by atoms with E-state index >= 15 is 0 Å². The molecule has 0 spiro atoms. The number of benzene rings is 1. The Morgan fingerprint density at radius 2 is 2.05 bits per heavy atom. The lowest BCUT2D eigenvalue weighted by Gasteiger charge is -2.19. The van der Waals surface area contributed by atoms with Crippen LogP contribution in [0, 0.1) is 5.92 Å². The number of pyridine rings is 1. The van der Waals surface area contributed by atoms with Crippen molar-refractivity contribution < 1.29 is 0 Å². The third-order valence-electron chi connectivity index (χ3n) is 3.33. The highest BCUT2D eigenvalue weighted by molar-refractivity contribution is 6.31. The summed E-state index contributed by atoms with van der Waals surface area (Å²) in [5.41, 5.74) is 3.66. The predicted octanol–water partition coefficient (Wildman–Crippen LogP) is 4.24. The van der Waals surface area contributed by atoms with Crippen molar-refractivity contribution in [3.05, 3.63) is 64.4 Å². The van der Waals surface area contributed by atoms with Gasteiger partial charge in [0.15, 0.2) is 0 Å². The van der Waals surface area contributed by atoms with Gasteiger partial charge in [-0.3, -0.25) is 4.98 Å². The van der Waals surface area contributed by atoms with Crippen LogP contribution in [0.5, 0.6) is 0 Å². The van der Waals surface area contributed by atoms with Gasteiger partial charge in [0.05, 0.1) is 11.1 Å². The van der Waals surface area contributed by atoms with Crippen LogP contribution in [0.3, 0.4) is 0 Å². The van der Waals surface area contributed by atoms with Crippen molar-refractivity contribution in [3.63, 3.8) is 0 Å². The van der Waals surface area contributed by atoms with Gasteiger partial charge in [0.2, 0.25) is 0 Å². The van der Waals surface area contributed by atoms with Gasteiger partial charge in [0.25, 0.3) is 0 Å². The topological polar surface area (TPSA) is 24.9 Å². The second kappa shape index (κ2) is 6.87. The summed E-state index contributed by atoms with van der Waals surface area (Å²) >= 11 is 6.27. The Morgan fingerprint density at radius 3 is 2.70 bits per heavy atom. The summed E-state index contributed by atoms with van der Waals surface area (Å²) in [6, 6.07) is 10.8. The van der Waals surface area contributed by atoms with E-state index in [0.717, 1.165) is 12.0 Å².